The van der Waals surface area contributed by atoms with E-state index in [0.717, 1.165) is 28.1 Å². The number of imide groups is 2. The first-order valence-corrected chi connectivity index (χ1v) is 14.2. The summed E-state index contributed by atoms with van der Waals surface area (Å²) in [7, 11) is 0. The zero-order valence-corrected chi connectivity index (χ0v) is 24.1. The number of benzene rings is 3. The molecule has 3 aromatic carbocycles. The molecule has 11 heteroatoms. The molecule has 0 bridgehead atoms. The summed E-state index contributed by atoms with van der Waals surface area (Å²) in [6.07, 6.45) is 4.21. The van der Waals surface area contributed by atoms with Crippen LogP contribution in [0, 0.1) is 6.92 Å². The molecule has 1 saturated heterocycles. The molecule has 4 amide bonds. The molecule has 2 unspecified atom stereocenters. The number of hydrogen-bond acceptors (Lipinski definition) is 9. The van der Waals surface area contributed by atoms with Crippen molar-refractivity contribution in [3.05, 3.63) is 107 Å². The van der Waals surface area contributed by atoms with Crippen molar-refractivity contribution in [1.29, 1.82) is 0 Å². The molecule has 2 aliphatic rings. The van der Waals surface area contributed by atoms with E-state index < -0.39 is 29.7 Å². The number of amides is 4. The summed E-state index contributed by atoms with van der Waals surface area (Å²) < 4.78 is 5.80. The number of piperidine rings is 1. The Morgan fingerprint density at radius 2 is 1.75 bits per heavy atom. The second kappa shape index (κ2) is 12.0. The SMILES string of the molecule is Cc1cncc(Oc2ccc(CC(C)c3cccc(ONc4ccc5c(c4)C(=O)N(C4CCC(=O)NC4=O)C5=O)c3)cc2)n1. The normalized spacial score (nSPS) is 16.8. The number of ether oxygens (including phenoxy) is 1. The van der Waals surface area contributed by atoms with Crippen LogP contribution in [0.1, 0.15) is 63.2 Å². The predicted octanol–water partition coefficient (Wildman–Crippen LogP) is 4.73. The van der Waals surface area contributed by atoms with Crippen molar-refractivity contribution in [3.8, 4) is 17.4 Å². The van der Waals surface area contributed by atoms with Crippen molar-refractivity contribution < 1.29 is 28.8 Å². The van der Waals surface area contributed by atoms with Gasteiger partial charge in [-0.1, -0.05) is 31.2 Å². The Morgan fingerprint density at radius 3 is 2.52 bits per heavy atom. The third-order valence-corrected chi connectivity index (χ3v) is 7.57. The van der Waals surface area contributed by atoms with Gasteiger partial charge in [0.2, 0.25) is 17.7 Å². The zero-order chi connectivity index (χ0) is 30.8. The van der Waals surface area contributed by atoms with E-state index in [1.807, 2.05) is 55.5 Å². The fourth-order valence-electron chi connectivity index (χ4n) is 5.31. The van der Waals surface area contributed by atoms with Gasteiger partial charge in [-0.3, -0.25) is 34.4 Å². The summed E-state index contributed by atoms with van der Waals surface area (Å²) in [5, 5.41) is 2.20. The molecule has 3 heterocycles. The van der Waals surface area contributed by atoms with Crippen LogP contribution in [0.25, 0.3) is 0 Å². The van der Waals surface area contributed by atoms with Crippen LogP contribution >= 0.6 is 0 Å². The van der Waals surface area contributed by atoms with Gasteiger partial charge in [-0.15, -0.1) is 0 Å². The molecule has 11 nitrogen and oxygen atoms in total. The van der Waals surface area contributed by atoms with Gasteiger partial charge in [0.25, 0.3) is 11.8 Å². The quantitative estimate of drug-likeness (QED) is 0.209. The Kier molecular flexibility index (Phi) is 7.76. The molecule has 0 spiro atoms. The van der Waals surface area contributed by atoms with Crippen LogP contribution in [0.4, 0.5) is 5.69 Å². The maximum atomic E-state index is 13.1. The number of hydrogen-bond donors (Lipinski definition) is 2. The van der Waals surface area contributed by atoms with E-state index in [-0.39, 0.29) is 29.9 Å². The Bertz CT molecular complexity index is 1770. The Hall–Kier alpha value is -5.58. The topological polar surface area (TPSA) is 140 Å². The highest BCUT2D eigenvalue weighted by atomic mass is 16.6. The largest absolute Gasteiger partial charge is 0.437 e. The zero-order valence-electron chi connectivity index (χ0n) is 24.1. The summed E-state index contributed by atoms with van der Waals surface area (Å²) in [5.74, 6) is -0.306. The first-order valence-electron chi connectivity index (χ1n) is 14.2. The molecule has 0 saturated carbocycles. The standard InChI is InChI=1S/C33H29N5O6/c1-19(14-21-6-9-24(10-7-21)43-30-18-34-17-20(2)35-30)22-4-3-5-25(15-22)44-37-23-8-11-26-27(16-23)33(42)38(32(26)41)28-12-13-29(39)36-31(28)40/h3-11,15-19,28,37H,12-14H2,1-2H3,(H,36,39,40). The number of rotatable bonds is 9. The number of fused-ring (bicyclic) bond motifs is 1. The lowest BCUT2D eigenvalue weighted by atomic mass is 9.93. The van der Waals surface area contributed by atoms with Gasteiger partial charge in [-0.25, -0.2) is 10.5 Å². The average molecular weight is 592 g/mol. The van der Waals surface area contributed by atoms with E-state index in [1.54, 1.807) is 18.5 Å². The molecular weight excluding hydrogens is 562 g/mol. The van der Waals surface area contributed by atoms with Gasteiger partial charge in [0.15, 0.2) is 5.75 Å². The highest BCUT2D eigenvalue weighted by Gasteiger charge is 2.44. The molecule has 6 rings (SSSR count). The Balaban J connectivity index is 1.07. The van der Waals surface area contributed by atoms with E-state index in [4.69, 9.17) is 9.57 Å². The van der Waals surface area contributed by atoms with E-state index in [1.165, 1.54) is 12.1 Å². The summed E-state index contributed by atoms with van der Waals surface area (Å²) in [6, 6.07) is 19.2. The molecule has 222 valence electrons. The van der Waals surface area contributed by atoms with Gasteiger partial charge in [-0.05, 0) is 79.3 Å². The third kappa shape index (κ3) is 5.98. The molecule has 0 radical (unpaired) electrons. The van der Waals surface area contributed by atoms with Crippen molar-refractivity contribution in [2.75, 3.05) is 5.48 Å². The first-order chi connectivity index (χ1) is 21.2. The smallest absolute Gasteiger partial charge is 0.262 e. The van der Waals surface area contributed by atoms with Crippen molar-refractivity contribution >= 4 is 29.3 Å². The number of nitrogens with one attached hydrogen (secondary N) is 2. The number of aromatic nitrogens is 2. The maximum absolute atomic E-state index is 13.1. The average Bonchev–Trinajstić information content (AvgIpc) is 3.26. The maximum Gasteiger partial charge on any atom is 0.262 e. The predicted molar refractivity (Wildman–Crippen MR) is 159 cm³/mol. The molecule has 44 heavy (non-hydrogen) atoms. The Labute approximate surface area is 253 Å². The molecule has 1 aromatic heterocycles. The summed E-state index contributed by atoms with van der Waals surface area (Å²) in [5.41, 5.74) is 6.69. The Morgan fingerprint density at radius 1 is 0.955 bits per heavy atom. The summed E-state index contributed by atoms with van der Waals surface area (Å²) in [6.45, 7) is 4.00. The summed E-state index contributed by atoms with van der Waals surface area (Å²) in [4.78, 5) is 65.0. The van der Waals surface area contributed by atoms with E-state index >= 15 is 0 Å². The highest BCUT2D eigenvalue weighted by Crippen LogP contribution is 2.30. The van der Waals surface area contributed by atoms with Crippen LogP contribution in [-0.4, -0.2) is 44.5 Å². The number of carbonyl (C=O) groups is 4. The van der Waals surface area contributed by atoms with E-state index in [2.05, 4.69) is 27.7 Å². The van der Waals surface area contributed by atoms with Gasteiger partial charge in [-0.2, -0.15) is 0 Å². The number of aryl methyl sites for hydroxylation is 1. The van der Waals surface area contributed by atoms with Crippen molar-refractivity contribution in [1.82, 2.24) is 20.2 Å². The molecule has 1 fully saturated rings. The second-order valence-electron chi connectivity index (χ2n) is 10.8. The van der Waals surface area contributed by atoms with Crippen molar-refractivity contribution in [2.24, 2.45) is 0 Å². The highest BCUT2D eigenvalue weighted by molar-refractivity contribution is 6.23. The fourth-order valence-corrected chi connectivity index (χ4v) is 5.31. The minimum Gasteiger partial charge on any atom is -0.437 e. The third-order valence-electron chi connectivity index (χ3n) is 7.57. The monoisotopic (exact) mass is 591 g/mol. The summed E-state index contributed by atoms with van der Waals surface area (Å²) >= 11 is 0. The van der Waals surface area contributed by atoms with Gasteiger partial charge in [0, 0.05) is 12.6 Å². The van der Waals surface area contributed by atoms with Gasteiger partial charge in [0.1, 0.15) is 11.8 Å². The molecule has 2 N–H and O–H groups in total. The van der Waals surface area contributed by atoms with Crippen LogP contribution in [0.5, 0.6) is 17.4 Å². The number of nitrogens with zero attached hydrogens (tertiary/aromatic N) is 3. The fraction of sp³-hybridized carbons (Fsp3) is 0.212. The lowest BCUT2D eigenvalue weighted by molar-refractivity contribution is -0.136. The second-order valence-corrected chi connectivity index (χ2v) is 10.8. The van der Waals surface area contributed by atoms with E-state index in [0.29, 0.717) is 23.1 Å². The molecule has 2 aliphatic heterocycles. The van der Waals surface area contributed by atoms with E-state index in [9.17, 15) is 19.2 Å². The van der Waals surface area contributed by atoms with Crippen molar-refractivity contribution in [3.63, 3.8) is 0 Å². The van der Waals surface area contributed by atoms with Crippen LogP contribution in [0.15, 0.2) is 79.1 Å². The van der Waals surface area contributed by atoms with Crippen LogP contribution < -0.4 is 20.4 Å². The number of anilines is 1. The molecule has 2 atom stereocenters. The molecule has 4 aromatic rings. The number of carbonyl (C=O) groups excluding carboxylic acids is 4. The van der Waals surface area contributed by atoms with Crippen LogP contribution in [0.2, 0.25) is 0 Å². The van der Waals surface area contributed by atoms with Crippen molar-refractivity contribution in [2.45, 2.75) is 45.1 Å². The van der Waals surface area contributed by atoms with Gasteiger partial charge >= 0.3 is 0 Å². The minimum atomic E-state index is -1.02. The van der Waals surface area contributed by atoms with Gasteiger partial charge < -0.3 is 9.57 Å². The first kappa shape index (κ1) is 28.5. The van der Waals surface area contributed by atoms with Crippen LogP contribution in [0.3, 0.4) is 0 Å². The van der Waals surface area contributed by atoms with Gasteiger partial charge in [0.05, 0.1) is 28.7 Å². The lowest BCUT2D eigenvalue weighted by Gasteiger charge is -2.27. The molecule has 0 aliphatic carbocycles. The molecular formula is C33H29N5O6. The lowest BCUT2D eigenvalue weighted by Crippen LogP contribution is -2.54. The van der Waals surface area contributed by atoms with Crippen LogP contribution in [-0.2, 0) is 16.0 Å². The minimum absolute atomic E-state index is 0.0634.